The van der Waals surface area contributed by atoms with E-state index < -0.39 is 5.79 Å². The number of carbonyl (C=O) groups excluding carboxylic acids is 1. The lowest BCUT2D eigenvalue weighted by Crippen LogP contribution is -2.36. The van der Waals surface area contributed by atoms with Gasteiger partial charge < -0.3 is 14.0 Å². The van der Waals surface area contributed by atoms with Crippen LogP contribution in [0.25, 0.3) is 0 Å². The predicted octanol–water partition coefficient (Wildman–Crippen LogP) is 2.82. The van der Waals surface area contributed by atoms with E-state index in [-0.39, 0.29) is 18.0 Å². The summed E-state index contributed by atoms with van der Waals surface area (Å²) in [5.74, 6) is -0.0995. The zero-order chi connectivity index (χ0) is 13.7. The Morgan fingerprint density at radius 3 is 3.15 bits per heavy atom. The Labute approximate surface area is 119 Å². The molecule has 1 aromatic rings. The third kappa shape index (κ3) is 1.60. The van der Waals surface area contributed by atoms with Gasteiger partial charge in [0.1, 0.15) is 0 Å². The number of nitrogens with zero attached hydrogens (tertiary/aromatic N) is 1. The summed E-state index contributed by atoms with van der Waals surface area (Å²) < 4.78 is 14.4. The molecule has 20 heavy (non-hydrogen) atoms. The van der Waals surface area contributed by atoms with Crippen molar-refractivity contribution in [3.8, 4) is 0 Å². The number of aromatic nitrogens is 1. The zero-order valence-electron chi connectivity index (χ0n) is 11.9. The summed E-state index contributed by atoms with van der Waals surface area (Å²) in [6, 6.07) is 4.33. The summed E-state index contributed by atoms with van der Waals surface area (Å²) in [6.07, 6.45) is 6.75. The second kappa shape index (κ2) is 4.35. The van der Waals surface area contributed by atoms with Crippen LogP contribution in [0.3, 0.4) is 0 Å². The Bertz CT molecular complexity index is 538. The second-order valence-electron chi connectivity index (χ2n) is 6.25. The van der Waals surface area contributed by atoms with E-state index in [0.29, 0.717) is 12.3 Å². The first-order valence-corrected chi connectivity index (χ1v) is 7.78. The fraction of sp³-hybridized carbons (Fsp3) is 0.688. The highest BCUT2D eigenvalue weighted by Gasteiger charge is 2.59. The van der Waals surface area contributed by atoms with Gasteiger partial charge in [0.25, 0.3) is 0 Å². The van der Waals surface area contributed by atoms with Crippen LogP contribution in [0.15, 0.2) is 18.3 Å². The van der Waals surface area contributed by atoms with Gasteiger partial charge in [-0.05, 0) is 31.4 Å². The number of hydrogen-bond donors (Lipinski definition) is 0. The quantitative estimate of drug-likeness (QED) is 0.740. The van der Waals surface area contributed by atoms with Gasteiger partial charge in [-0.2, -0.15) is 0 Å². The molecular formula is C16H21NO3. The van der Waals surface area contributed by atoms with Crippen molar-refractivity contribution in [2.24, 2.45) is 5.92 Å². The maximum absolute atomic E-state index is 11.6. The molecule has 4 nitrogen and oxygen atoms in total. The second-order valence-corrected chi connectivity index (χ2v) is 6.25. The van der Waals surface area contributed by atoms with Crippen LogP contribution < -0.4 is 0 Å². The SMILES string of the molecule is CC[C@H]1[C@@H]2c3cccn3CCC[C@H]2O[C@@]12CCC(=O)O2. The average molecular weight is 275 g/mol. The lowest BCUT2D eigenvalue weighted by atomic mass is 9.80. The lowest BCUT2D eigenvalue weighted by Gasteiger charge is -2.29. The minimum absolute atomic E-state index is 0.102. The van der Waals surface area contributed by atoms with Crippen molar-refractivity contribution in [3.63, 3.8) is 0 Å². The van der Waals surface area contributed by atoms with Crippen LogP contribution in [0.5, 0.6) is 0 Å². The van der Waals surface area contributed by atoms with E-state index in [9.17, 15) is 4.79 Å². The number of esters is 1. The lowest BCUT2D eigenvalue weighted by molar-refractivity contribution is -0.219. The Morgan fingerprint density at radius 2 is 2.40 bits per heavy atom. The summed E-state index contributed by atoms with van der Waals surface area (Å²) in [7, 11) is 0. The van der Waals surface area contributed by atoms with Crippen molar-refractivity contribution in [2.45, 2.75) is 63.4 Å². The largest absolute Gasteiger partial charge is 0.433 e. The molecule has 108 valence electrons. The van der Waals surface area contributed by atoms with Crippen molar-refractivity contribution < 1.29 is 14.3 Å². The van der Waals surface area contributed by atoms with Crippen molar-refractivity contribution >= 4 is 5.97 Å². The molecule has 4 heteroatoms. The maximum atomic E-state index is 11.6. The van der Waals surface area contributed by atoms with Gasteiger partial charge in [0, 0.05) is 36.7 Å². The third-order valence-corrected chi connectivity index (χ3v) is 5.25. The minimum atomic E-state index is -0.645. The Morgan fingerprint density at radius 1 is 1.50 bits per heavy atom. The first-order valence-electron chi connectivity index (χ1n) is 7.78. The predicted molar refractivity (Wildman–Crippen MR) is 73.1 cm³/mol. The highest BCUT2D eigenvalue weighted by Crippen LogP contribution is 2.54. The normalized spacial score (nSPS) is 39.5. The Kier molecular flexibility index (Phi) is 2.71. The summed E-state index contributed by atoms with van der Waals surface area (Å²) in [5.41, 5.74) is 1.36. The van der Waals surface area contributed by atoms with Crippen molar-refractivity contribution in [1.82, 2.24) is 4.57 Å². The summed E-state index contributed by atoms with van der Waals surface area (Å²) in [6.45, 7) is 3.25. The van der Waals surface area contributed by atoms with E-state index in [1.54, 1.807) is 0 Å². The first kappa shape index (κ1) is 12.5. The molecule has 2 saturated heterocycles. The van der Waals surface area contributed by atoms with Gasteiger partial charge in [0.05, 0.1) is 12.5 Å². The molecule has 0 amide bonds. The molecule has 4 rings (SSSR count). The van der Waals surface area contributed by atoms with Crippen LogP contribution in [-0.2, 0) is 20.8 Å². The van der Waals surface area contributed by atoms with Gasteiger partial charge in [-0.3, -0.25) is 4.79 Å². The molecule has 2 fully saturated rings. The van der Waals surface area contributed by atoms with E-state index in [2.05, 4.69) is 29.8 Å². The molecule has 0 unspecified atom stereocenters. The molecule has 3 aliphatic rings. The molecular weight excluding hydrogens is 254 g/mol. The monoisotopic (exact) mass is 275 g/mol. The highest BCUT2D eigenvalue weighted by molar-refractivity contribution is 5.72. The van der Waals surface area contributed by atoms with Crippen LogP contribution in [0.4, 0.5) is 0 Å². The smallest absolute Gasteiger partial charge is 0.308 e. The summed E-state index contributed by atoms with van der Waals surface area (Å²) in [4.78, 5) is 11.6. The van der Waals surface area contributed by atoms with E-state index >= 15 is 0 Å². The van der Waals surface area contributed by atoms with E-state index in [1.807, 2.05) is 0 Å². The molecule has 0 bridgehead atoms. The van der Waals surface area contributed by atoms with Crippen molar-refractivity contribution in [1.29, 1.82) is 0 Å². The molecule has 0 aliphatic carbocycles. The number of hydrogen-bond acceptors (Lipinski definition) is 3. The van der Waals surface area contributed by atoms with Gasteiger partial charge in [-0.25, -0.2) is 0 Å². The van der Waals surface area contributed by atoms with Crippen LogP contribution in [-0.4, -0.2) is 22.4 Å². The number of fused-ring (bicyclic) bond motifs is 3. The fourth-order valence-electron chi connectivity index (χ4n) is 4.46. The molecule has 1 spiro atoms. The molecule has 4 heterocycles. The maximum Gasteiger partial charge on any atom is 0.308 e. The molecule has 1 aromatic heterocycles. The van der Waals surface area contributed by atoms with E-state index in [4.69, 9.17) is 9.47 Å². The molecule has 0 N–H and O–H groups in total. The van der Waals surface area contributed by atoms with Crippen LogP contribution in [0, 0.1) is 5.92 Å². The number of rotatable bonds is 1. The summed E-state index contributed by atoms with van der Waals surface area (Å²) in [5, 5.41) is 0. The zero-order valence-corrected chi connectivity index (χ0v) is 11.9. The Hall–Kier alpha value is -1.29. The summed E-state index contributed by atoms with van der Waals surface area (Å²) >= 11 is 0. The van der Waals surface area contributed by atoms with E-state index in [1.165, 1.54) is 5.69 Å². The standard InChI is InChI=1S/C16H21NO3/c1-2-11-15-12-5-3-9-17(12)10-4-6-13(15)19-16(11)8-7-14(18)20-16/h3,5,9,11,13,15H,2,4,6-8,10H2,1H3/t11-,13+,15+,16+/m0/s1. The van der Waals surface area contributed by atoms with Crippen molar-refractivity contribution in [3.05, 3.63) is 24.0 Å². The van der Waals surface area contributed by atoms with Gasteiger partial charge >= 0.3 is 5.97 Å². The van der Waals surface area contributed by atoms with Gasteiger partial charge in [0.15, 0.2) is 0 Å². The molecule has 0 aromatic carbocycles. The van der Waals surface area contributed by atoms with Crippen LogP contribution in [0.1, 0.15) is 50.6 Å². The van der Waals surface area contributed by atoms with E-state index in [0.717, 1.165) is 32.2 Å². The van der Waals surface area contributed by atoms with Gasteiger partial charge in [-0.1, -0.05) is 6.92 Å². The fourth-order valence-corrected chi connectivity index (χ4v) is 4.46. The van der Waals surface area contributed by atoms with Gasteiger partial charge in [0.2, 0.25) is 5.79 Å². The van der Waals surface area contributed by atoms with Crippen LogP contribution >= 0.6 is 0 Å². The Balaban J connectivity index is 1.77. The number of aryl methyl sites for hydroxylation is 1. The molecule has 3 aliphatic heterocycles. The number of ether oxygens (including phenoxy) is 2. The topological polar surface area (TPSA) is 40.5 Å². The minimum Gasteiger partial charge on any atom is -0.433 e. The molecule has 0 saturated carbocycles. The van der Waals surface area contributed by atoms with Crippen LogP contribution in [0.2, 0.25) is 0 Å². The molecule has 4 atom stereocenters. The van der Waals surface area contributed by atoms with Gasteiger partial charge in [-0.15, -0.1) is 0 Å². The van der Waals surface area contributed by atoms with Crippen molar-refractivity contribution in [2.75, 3.05) is 0 Å². The highest BCUT2D eigenvalue weighted by atomic mass is 16.7. The third-order valence-electron chi connectivity index (χ3n) is 5.25. The average Bonchev–Trinajstić information content (AvgIpc) is 3.07. The number of carbonyl (C=O) groups is 1. The molecule has 0 radical (unpaired) electrons. The first-order chi connectivity index (χ1) is 9.73.